The molecule has 0 aliphatic heterocycles. The van der Waals surface area contributed by atoms with Gasteiger partial charge >= 0.3 is 0 Å². The quantitative estimate of drug-likeness (QED) is 0.837. The van der Waals surface area contributed by atoms with Gasteiger partial charge in [0.05, 0.1) is 0 Å². The second kappa shape index (κ2) is 6.35. The van der Waals surface area contributed by atoms with E-state index in [0.29, 0.717) is 0 Å². The first-order chi connectivity index (χ1) is 8.85. The molecule has 1 N–H and O–H groups in total. The highest BCUT2D eigenvalue weighted by molar-refractivity contribution is 7.99. The van der Waals surface area contributed by atoms with Crippen molar-refractivity contribution in [1.29, 1.82) is 0 Å². The molecule has 0 aliphatic rings. The van der Waals surface area contributed by atoms with Gasteiger partial charge in [0.2, 0.25) is 0 Å². The first-order valence-electron chi connectivity index (χ1n) is 6.01. The fourth-order valence-corrected chi connectivity index (χ4v) is 2.55. The van der Waals surface area contributed by atoms with Crippen molar-refractivity contribution in [2.45, 2.75) is 30.3 Å². The van der Waals surface area contributed by atoms with Gasteiger partial charge in [-0.25, -0.2) is 15.0 Å². The smallest absolute Gasteiger partial charge is 0.133 e. The van der Waals surface area contributed by atoms with Crippen molar-refractivity contribution in [2.24, 2.45) is 0 Å². The topological polar surface area (TPSA) is 50.7 Å². The fourth-order valence-electron chi connectivity index (χ4n) is 1.63. The lowest BCUT2D eigenvalue weighted by Crippen LogP contribution is -2.05. The number of aromatic nitrogens is 3. The predicted molar refractivity (Wildman–Crippen MR) is 73.9 cm³/mol. The van der Waals surface area contributed by atoms with E-state index in [9.17, 15) is 0 Å². The van der Waals surface area contributed by atoms with Crippen LogP contribution in [0.5, 0.6) is 0 Å². The van der Waals surface area contributed by atoms with Crippen LogP contribution in [-0.2, 0) is 6.42 Å². The van der Waals surface area contributed by atoms with Crippen molar-refractivity contribution in [3.05, 3.63) is 36.3 Å². The number of hydrogen-bond acceptors (Lipinski definition) is 5. The summed E-state index contributed by atoms with van der Waals surface area (Å²) in [5.41, 5.74) is 1.15. The van der Waals surface area contributed by atoms with Gasteiger partial charge in [0.25, 0.3) is 0 Å². The molecule has 5 heteroatoms. The molecule has 0 saturated carbocycles. The molecule has 0 fully saturated rings. The van der Waals surface area contributed by atoms with Crippen LogP contribution in [-0.4, -0.2) is 21.5 Å². The highest BCUT2D eigenvalue weighted by Crippen LogP contribution is 2.29. The third-order valence-corrected chi connectivity index (χ3v) is 3.44. The highest BCUT2D eigenvalue weighted by atomic mass is 32.2. The molecule has 18 heavy (non-hydrogen) atoms. The molecule has 0 amide bonds. The number of nitrogens with zero attached hydrogens (tertiary/aromatic N) is 3. The standard InChI is InChI=1S/C13H16N4S/c1-3-10-12(14-4-2)16-9-17-13(10)18-11-7-5-6-8-15-11/h5-9H,3-4H2,1-2H3,(H,14,16,17). The van der Waals surface area contributed by atoms with Crippen LogP contribution in [0.15, 0.2) is 40.8 Å². The number of anilines is 1. The molecule has 2 aromatic rings. The first kappa shape index (κ1) is 12.8. The zero-order valence-corrected chi connectivity index (χ0v) is 11.4. The maximum atomic E-state index is 4.36. The molecule has 0 atom stereocenters. The number of rotatable bonds is 5. The highest BCUT2D eigenvalue weighted by Gasteiger charge is 2.10. The summed E-state index contributed by atoms with van der Waals surface area (Å²) in [6.07, 6.45) is 4.29. The Kier molecular flexibility index (Phi) is 4.52. The zero-order chi connectivity index (χ0) is 12.8. The maximum Gasteiger partial charge on any atom is 0.133 e. The molecule has 0 bridgehead atoms. The Morgan fingerprint density at radius 3 is 2.72 bits per heavy atom. The van der Waals surface area contributed by atoms with E-state index in [1.807, 2.05) is 18.2 Å². The fraction of sp³-hybridized carbons (Fsp3) is 0.308. The summed E-state index contributed by atoms with van der Waals surface area (Å²) in [7, 11) is 0. The minimum absolute atomic E-state index is 0.859. The Labute approximate surface area is 111 Å². The molecule has 94 valence electrons. The van der Waals surface area contributed by atoms with Gasteiger partial charge in [0.15, 0.2) is 0 Å². The Morgan fingerprint density at radius 1 is 1.17 bits per heavy atom. The van der Waals surface area contributed by atoms with Crippen LogP contribution in [0.4, 0.5) is 5.82 Å². The second-order valence-electron chi connectivity index (χ2n) is 3.66. The van der Waals surface area contributed by atoms with Gasteiger partial charge in [-0.15, -0.1) is 0 Å². The molecule has 0 unspecified atom stereocenters. The first-order valence-corrected chi connectivity index (χ1v) is 6.83. The Hall–Kier alpha value is -1.62. The van der Waals surface area contributed by atoms with E-state index in [1.54, 1.807) is 24.3 Å². The van der Waals surface area contributed by atoms with Crippen molar-refractivity contribution in [3.8, 4) is 0 Å². The normalized spacial score (nSPS) is 10.3. The van der Waals surface area contributed by atoms with Crippen LogP contribution in [0.2, 0.25) is 0 Å². The Bertz CT molecular complexity index is 502. The summed E-state index contributed by atoms with van der Waals surface area (Å²) in [5, 5.41) is 5.19. The molecular formula is C13H16N4S. The van der Waals surface area contributed by atoms with Crippen LogP contribution in [0.1, 0.15) is 19.4 Å². The van der Waals surface area contributed by atoms with E-state index < -0.39 is 0 Å². The average Bonchev–Trinajstić information content (AvgIpc) is 2.41. The molecule has 0 radical (unpaired) electrons. The van der Waals surface area contributed by atoms with Gasteiger partial charge in [-0.2, -0.15) is 0 Å². The number of nitrogens with one attached hydrogen (secondary N) is 1. The number of hydrogen-bond donors (Lipinski definition) is 1. The molecule has 2 heterocycles. The largest absolute Gasteiger partial charge is 0.370 e. The van der Waals surface area contributed by atoms with Crippen molar-refractivity contribution < 1.29 is 0 Å². The predicted octanol–water partition coefficient (Wildman–Crippen LogP) is 3.02. The minimum Gasteiger partial charge on any atom is -0.370 e. The van der Waals surface area contributed by atoms with E-state index in [0.717, 1.165) is 34.4 Å². The van der Waals surface area contributed by atoms with Crippen LogP contribution in [0.25, 0.3) is 0 Å². The molecule has 0 saturated heterocycles. The molecule has 0 aliphatic carbocycles. The summed E-state index contributed by atoms with van der Waals surface area (Å²) >= 11 is 1.58. The van der Waals surface area contributed by atoms with Gasteiger partial charge in [-0.05, 0) is 37.2 Å². The zero-order valence-electron chi connectivity index (χ0n) is 10.6. The maximum absolute atomic E-state index is 4.36. The van der Waals surface area contributed by atoms with E-state index in [-0.39, 0.29) is 0 Å². The van der Waals surface area contributed by atoms with Gasteiger partial charge in [-0.3, -0.25) is 0 Å². The molecule has 4 nitrogen and oxygen atoms in total. The summed E-state index contributed by atoms with van der Waals surface area (Å²) in [4.78, 5) is 13.0. The van der Waals surface area contributed by atoms with Crippen LogP contribution < -0.4 is 5.32 Å². The van der Waals surface area contributed by atoms with Crippen molar-refractivity contribution in [3.63, 3.8) is 0 Å². The molecular weight excluding hydrogens is 244 g/mol. The summed E-state index contributed by atoms with van der Waals surface area (Å²) in [5.74, 6) is 0.924. The van der Waals surface area contributed by atoms with E-state index in [2.05, 4.69) is 34.1 Å². The second-order valence-corrected chi connectivity index (χ2v) is 4.67. The average molecular weight is 260 g/mol. The van der Waals surface area contributed by atoms with E-state index in [4.69, 9.17) is 0 Å². The minimum atomic E-state index is 0.859. The van der Waals surface area contributed by atoms with E-state index in [1.165, 1.54) is 0 Å². The van der Waals surface area contributed by atoms with Gasteiger partial charge in [-0.1, -0.05) is 13.0 Å². The Morgan fingerprint density at radius 2 is 2.06 bits per heavy atom. The summed E-state index contributed by atoms with van der Waals surface area (Å²) < 4.78 is 0. The lowest BCUT2D eigenvalue weighted by molar-refractivity contribution is 0.934. The van der Waals surface area contributed by atoms with Crippen molar-refractivity contribution in [1.82, 2.24) is 15.0 Å². The summed E-state index contributed by atoms with van der Waals surface area (Å²) in [6, 6.07) is 5.88. The molecule has 0 spiro atoms. The van der Waals surface area contributed by atoms with Gasteiger partial charge in [0, 0.05) is 18.3 Å². The van der Waals surface area contributed by atoms with Crippen LogP contribution in [0, 0.1) is 0 Å². The summed E-state index contributed by atoms with van der Waals surface area (Å²) in [6.45, 7) is 5.03. The molecule has 0 aromatic carbocycles. The molecule has 2 aromatic heterocycles. The lowest BCUT2D eigenvalue weighted by atomic mass is 10.2. The van der Waals surface area contributed by atoms with Crippen molar-refractivity contribution >= 4 is 17.6 Å². The van der Waals surface area contributed by atoms with Gasteiger partial charge < -0.3 is 5.32 Å². The van der Waals surface area contributed by atoms with E-state index >= 15 is 0 Å². The molecule has 2 rings (SSSR count). The van der Waals surface area contributed by atoms with Crippen LogP contribution >= 0.6 is 11.8 Å². The monoisotopic (exact) mass is 260 g/mol. The Balaban J connectivity index is 2.30. The third kappa shape index (κ3) is 2.98. The number of pyridine rings is 1. The third-order valence-electron chi connectivity index (χ3n) is 2.44. The van der Waals surface area contributed by atoms with Crippen LogP contribution in [0.3, 0.4) is 0 Å². The van der Waals surface area contributed by atoms with Gasteiger partial charge in [0.1, 0.15) is 22.2 Å². The van der Waals surface area contributed by atoms with Crippen molar-refractivity contribution in [2.75, 3.05) is 11.9 Å². The lowest BCUT2D eigenvalue weighted by Gasteiger charge is -2.11. The SMILES string of the molecule is CCNc1ncnc(Sc2ccccn2)c1CC.